The second kappa shape index (κ2) is 7.31. The first-order valence-corrected chi connectivity index (χ1v) is 6.20. The van der Waals surface area contributed by atoms with Crippen LogP contribution >= 0.6 is 0 Å². The van der Waals surface area contributed by atoms with Crippen molar-refractivity contribution in [2.24, 2.45) is 5.73 Å². The van der Waals surface area contributed by atoms with Crippen molar-refractivity contribution in [1.82, 2.24) is 4.90 Å². The summed E-state index contributed by atoms with van der Waals surface area (Å²) in [6.07, 6.45) is 0.346. The van der Waals surface area contributed by atoms with E-state index in [0.29, 0.717) is 17.5 Å². The van der Waals surface area contributed by atoms with E-state index in [0.717, 1.165) is 5.56 Å². The molecule has 2 amide bonds. The summed E-state index contributed by atoms with van der Waals surface area (Å²) in [6, 6.07) is 5.29. The van der Waals surface area contributed by atoms with E-state index in [1.54, 1.807) is 12.1 Å². The highest BCUT2D eigenvalue weighted by atomic mass is 16.2. The van der Waals surface area contributed by atoms with Crippen molar-refractivity contribution in [3.8, 4) is 11.8 Å². The van der Waals surface area contributed by atoms with Crippen LogP contribution in [0.25, 0.3) is 0 Å². The number of carbonyl (C=O) groups excluding carboxylic acids is 2. The zero-order valence-electron chi connectivity index (χ0n) is 11.6. The highest BCUT2D eigenvalue weighted by Crippen LogP contribution is 2.13. The average Bonchev–Trinajstić information content (AvgIpc) is 2.37. The molecule has 0 unspecified atom stereocenters. The van der Waals surface area contributed by atoms with Crippen LogP contribution in [0.4, 0.5) is 0 Å². The molecule has 106 valence electrons. The molecule has 0 aliphatic rings. The highest BCUT2D eigenvalue weighted by molar-refractivity contribution is 5.98. The van der Waals surface area contributed by atoms with Gasteiger partial charge in [-0.1, -0.05) is 17.9 Å². The van der Waals surface area contributed by atoms with Crippen molar-refractivity contribution in [3.05, 3.63) is 34.9 Å². The average molecular weight is 274 g/mol. The summed E-state index contributed by atoms with van der Waals surface area (Å²) in [6.45, 7) is 1.73. The molecule has 0 aromatic heterocycles. The highest BCUT2D eigenvalue weighted by Gasteiger charge is 2.16. The van der Waals surface area contributed by atoms with Crippen LogP contribution in [0.1, 0.15) is 27.9 Å². The Labute approximate surface area is 118 Å². The molecule has 1 aromatic rings. The molecule has 1 aromatic carbocycles. The third-order valence-corrected chi connectivity index (χ3v) is 2.61. The quantitative estimate of drug-likeness (QED) is 0.774. The summed E-state index contributed by atoms with van der Waals surface area (Å²) in [5.74, 6) is 4.78. The molecule has 3 N–H and O–H groups in total. The maximum Gasteiger partial charge on any atom is 0.255 e. The Hall–Kier alpha value is -2.32. The molecule has 0 bridgehead atoms. The van der Waals surface area contributed by atoms with Gasteiger partial charge in [0.05, 0.1) is 18.7 Å². The SMILES string of the molecule is Cc1ccc(C(=O)N(C)CC(N)=O)c(C#CCCO)c1. The van der Waals surface area contributed by atoms with Gasteiger partial charge in [0.25, 0.3) is 5.91 Å². The van der Waals surface area contributed by atoms with E-state index in [4.69, 9.17) is 10.8 Å². The minimum atomic E-state index is -0.569. The first kappa shape index (κ1) is 15.7. The monoisotopic (exact) mass is 274 g/mol. The van der Waals surface area contributed by atoms with Gasteiger partial charge in [0.15, 0.2) is 0 Å². The molecule has 0 saturated carbocycles. The van der Waals surface area contributed by atoms with E-state index in [9.17, 15) is 9.59 Å². The summed E-state index contributed by atoms with van der Waals surface area (Å²) < 4.78 is 0. The molecule has 0 aliphatic carbocycles. The molecular weight excluding hydrogens is 256 g/mol. The van der Waals surface area contributed by atoms with Crippen LogP contribution in [0, 0.1) is 18.8 Å². The third-order valence-electron chi connectivity index (χ3n) is 2.61. The molecular formula is C15H18N2O3. The number of amides is 2. The Kier molecular flexibility index (Phi) is 5.75. The molecule has 20 heavy (non-hydrogen) atoms. The Morgan fingerprint density at radius 2 is 2.10 bits per heavy atom. The van der Waals surface area contributed by atoms with Gasteiger partial charge in [0.2, 0.25) is 5.91 Å². The van der Waals surface area contributed by atoms with Crippen LogP contribution in [0.5, 0.6) is 0 Å². The zero-order valence-corrected chi connectivity index (χ0v) is 11.6. The van der Waals surface area contributed by atoms with Crippen LogP contribution in [-0.4, -0.2) is 42.0 Å². The maximum absolute atomic E-state index is 12.2. The lowest BCUT2D eigenvalue weighted by Gasteiger charge is -2.16. The number of nitrogens with two attached hydrogens (primary N) is 1. The lowest BCUT2D eigenvalue weighted by atomic mass is 10.0. The molecule has 0 saturated heterocycles. The standard InChI is InChI=1S/C15H18N2O3/c1-11-6-7-13(12(9-11)5-3-4-8-18)15(20)17(2)10-14(16)19/h6-7,9,18H,4,8,10H2,1-2H3,(H2,16,19). The zero-order chi connectivity index (χ0) is 15.1. The first-order valence-electron chi connectivity index (χ1n) is 6.20. The van der Waals surface area contributed by atoms with Gasteiger partial charge in [-0.05, 0) is 24.6 Å². The molecule has 5 nitrogen and oxygen atoms in total. The number of hydrogen-bond acceptors (Lipinski definition) is 3. The van der Waals surface area contributed by atoms with Crippen molar-refractivity contribution in [2.45, 2.75) is 13.3 Å². The number of rotatable bonds is 4. The van der Waals surface area contributed by atoms with Gasteiger partial charge in [-0.25, -0.2) is 0 Å². The van der Waals surface area contributed by atoms with Crippen molar-refractivity contribution in [3.63, 3.8) is 0 Å². The molecule has 0 aliphatic heterocycles. The fourth-order valence-electron chi connectivity index (χ4n) is 1.67. The Balaban J connectivity index is 3.08. The summed E-state index contributed by atoms with van der Waals surface area (Å²) in [7, 11) is 1.51. The number of nitrogens with zero attached hydrogens (tertiary/aromatic N) is 1. The van der Waals surface area contributed by atoms with Crippen LogP contribution in [-0.2, 0) is 4.79 Å². The van der Waals surface area contributed by atoms with E-state index in [1.807, 2.05) is 13.0 Å². The van der Waals surface area contributed by atoms with Gasteiger partial charge in [-0.3, -0.25) is 9.59 Å². The largest absolute Gasteiger partial charge is 0.395 e. The normalized spacial score (nSPS) is 9.55. The predicted molar refractivity (Wildman–Crippen MR) is 75.9 cm³/mol. The van der Waals surface area contributed by atoms with Gasteiger partial charge in [-0.15, -0.1) is 0 Å². The van der Waals surface area contributed by atoms with Crippen molar-refractivity contribution in [1.29, 1.82) is 0 Å². The second-order valence-corrected chi connectivity index (χ2v) is 4.45. The smallest absolute Gasteiger partial charge is 0.255 e. The van der Waals surface area contributed by atoms with Crippen LogP contribution in [0.15, 0.2) is 18.2 Å². The lowest BCUT2D eigenvalue weighted by molar-refractivity contribution is -0.118. The number of aliphatic hydroxyl groups is 1. The van der Waals surface area contributed by atoms with E-state index < -0.39 is 5.91 Å². The number of hydrogen-bond donors (Lipinski definition) is 2. The summed E-state index contributed by atoms with van der Waals surface area (Å²) in [5, 5.41) is 8.74. The van der Waals surface area contributed by atoms with Crippen LogP contribution < -0.4 is 5.73 Å². The van der Waals surface area contributed by atoms with Gasteiger partial charge in [0, 0.05) is 19.0 Å². The fourth-order valence-corrected chi connectivity index (χ4v) is 1.67. The predicted octanol–water partition coefficient (Wildman–Crippen LogP) is 0.286. The molecule has 0 radical (unpaired) electrons. The molecule has 1 rings (SSSR count). The van der Waals surface area contributed by atoms with E-state index >= 15 is 0 Å². The maximum atomic E-state index is 12.2. The molecule has 0 spiro atoms. The number of primary amides is 1. The van der Waals surface area contributed by atoms with Gasteiger partial charge >= 0.3 is 0 Å². The van der Waals surface area contributed by atoms with Crippen LogP contribution in [0.3, 0.4) is 0 Å². The summed E-state index contributed by atoms with van der Waals surface area (Å²) >= 11 is 0. The number of likely N-dealkylation sites (N-methyl/N-ethyl adjacent to an activating group) is 1. The topological polar surface area (TPSA) is 83.6 Å². The minimum Gasteiger partial charge on any atom is -0.395 e. The molecule has 5 heteroatoms. The Bertz CT molecular complexity index is 570. The van der Waals surface area contributed by atoms with Crippen molar-refractivity contribution >= 4 is 11.8 Å². The fraction of sp³-hybridized carbons (Fsp3) is 0.333. The van der Waals surface area contributed by atoms with E-state index in [1.165, 1.54) is 11.9 Å². The Morgan fingerprint density at radius 3 is 2.70 bits per heavy atom. The van der Waals surface area contributed by atoms with Crippen LogP contribution in [0.2, 0.25) is 0 Å². The number of aryl methyl sites for hydroxylation is 1. The molecule has 0 atom stereocenters. The van der Waals surface area contributed by atoms with Gasteiger partial charge in [0.1, 0.15) is 0 Å². The number of aliphatic hydroxyl groups excluding tert-OH is 1. The summed E-state index contributed by atoms with van der Waals surface area (Å²) in [5.41, 5.74) is 7.06. The van der Waals surface area contributed by atoms with Gasteiger partial charge in [-0.2, -0.15) is 0 Å². The number of benzene rings is 1. The minimum absolute atomic E-state index is 0.0241. The van der Waals surface area contributed by atoms with Crippen molar-refractivity contribution in [2.75, 3.05) is 20.2 Å². The first-order chi connectivity index (χ1) is 9.45. The van der Waals surface area contributed by atoms with Gasteiger partial charge < -0.3 is 15.7 Å². The summed E-state index contributed by atoms with van der Waals surface area (Å²) in [4.78, 5) is 24.4. The lowest BCUT2D eigenvalue weighted by Crippen LogP contribution is -2.35. The number of carbonyl (C=O) groups is 2. The molecule has 0 fully saturated rings. The molecule has 0 heterocycles. The Morgan fingerprint density at radius 1 is 1.40 bits per heavy atom. The van der Waals surface area contributed by atoms with E-state index in [2.05, 4.69) is 11.8 Å². The second-order valence-electron chi connectivity index (χ2n) is 4.45. The van der Waals surface area contributed by atoms with Crippen molar-refractivity contribution < 1.29 is 14.7 Å². The van der Waals surface area contributed by atoms with E-state index in [-0.39, 0.29) is 19.1 Å². The third kappa shape index (κ3) is 4.41.